The number of carbonyl (C=O) groups is 2. The van der Waals surface area contributed by atoms with Crippen LogP contribution in [0.3, 0.4) is 0 Å². The summed E-state index contributed by atoms with van der Waals surface area (Å²) in [4.78, 5) is 33.7. The maximum atomic E-state index is 15.3. The number of rotatable bonds is 8. The van der Waals surface area contributed by atoms with Crippen LogP contribution >= 0.6 is 0 Å². The summed E-state index contributed by atoms with van der Waals surface area (Å²) in [6.45, 7) is 3.76. The van der Waals surface area contributed by atoms with E-state index in [1.54, 1.807) is 72.8 Å². The summed E-state index contributed by atoms with van der Waals surface area (Å²) in [7, 11) is -8.64. The molecule has 5 aliphatic heterocycles. The first-order chi connectivity index (χ1) is 30.9. The van der Waals surface area contributed by atoms with Gasteiger partial charge >= 0.3 is 0 Å². The fourth-order valence-electron chi connectivity index (χ4n) is 10.2. The van der Waals surface area contributed by atoms with Crippen LogP contribution in [0.1, 0.15) is 69.0 Å². The van der Waals surface area contributed by atoms with E-state index < -0.39 is 80.9 Å². The number of hydrogen-bond donors (Lipinski definition) is 0. The van der Waals surface area contributed by atoms with Gasteiger partial charge in [-0.3, -0.25) is 19.4 Å². The molecule has 0 bridgehead atoms. The second kappa shape index (κ2) is 15.3. The number of amides is 2. The summed E-state index contributed by atoms with van der Waals surface area (Å²) in [5.74, 6) is -0.901. The minimum absolute atomic E-state index is 0.0567. The molecule has 0 spiro atoms. The van der Waals surface area contributed by atoms with Gasteiger partial charge in [-0.2, -0.15) is 8.61 Å². The molecule has 0 radical (unpaired) electrons. The van der Waals surface area contributed by atoms with E-state index in [1.165, 1.54) is 18.4 Å². The normalized spacial score (nSPS) is 26.4. The van der Waals surface area contributed by atoms with E-state index in [-0.39, 0.29) is 22.6 Å². The van der Waals surface area contributed by atoms with Gasteiger partial charge in [0.1, 0.15) is 36.6 Å². The fraction of sp³-hybridized carbons (Fsp3) is 0.240. The number of aryl methyl sites for hydroxylation is 2. The molecular formula is C50H44N4O8S2. The van der Waals surface area contributed by atoms with E-state index in [0.717, 1.165) is 22.3 Å². The third-order valence-corrected chi connectivity index (χ3v) is 17.0. The molecule has 6 aromatic rings. The maximum Gasteiger partial charge on any atom is 0.245 e. The van der Waals surface area contributed by atoms with Crippen molar-refractivity contribution in [2.24, 2.45) is 0 Å². The van der Waals surface area contributed by atoms with Gasteiger partial charge in [0, 0.05) is 0 Å². The third kappa shape index (κ3) is 6.30. The highest BCUT2D eigenvalue weighted by atomic mass is 32.2. The Balaban J connectivity index is 1.06. The molecule has 12 nitrogen and oxygen atoms in total. The predicted octanol–water partition coefficient (Wildman–Crippen LogP) is 7.10. The number of sulfonamides is 2. The zero-order chi connectivity index (χ0) is 44.1. The third-order valence-electron chi connectivity index (χ3n) is 13.2. The molecule has 2 amide bonds. The molecule has 8 atom stereocenters. The fourth-order valence-corrected chi connectivity index (χ4v) is 13.7. The number of ether oxygens (including phenoxy) is 2. The van der Waals surface area contributed by atoms with Gasteiger partial charge in [-0.05, 0) is 84.3 Å². The van der Waals surface area contributed by atoms with Gasteiger partial charge < -0.3 is 9.47 Å². The summed E-state index contributed by atoms with van der Waals surface area (Å²) >= 11 is 0. The lowest BCUT2D eigenvalue weighted by atomic mass is 9.89. The van der Waals surface area contributed by atoms with E-state index >= 15 is 26.4 Å². The van der Waals surface area contributed by atoms with Crippen LogP contribution in [0.2, 0.25) is 0 Å². The van der Waals surface area contributed by atoms with Crippen molar-refractivity contribution in [3.05, 3.63) is 202 Å². The van der Waals surface area contributed by atoms with Gasteiger partial charge in [0.15, 0.2) is 12.5 Å². The Morgan fingerprint density at radius 2 is 0.766 bits per heavy atom. The highest BCUT2D eigenvalue weighted by molar-refractivity contribution is 7.89. The van der Waals surface area contributed by atoms with Crippen molar-refractivity contribution >= 4 is 31.9 Å². The monoisotopic (exact) mass is 892 g/mol. The Morgan fingerprint density at radius 3 is 1.12 bits per heavy atom. The topological polar surface area (TPSA) is 134 Å². The molecule has 0 saturated carbocycles. The molecule has 64 heavy (non-hydrogen) atoms. The van der Waals surface area contributed by atoms with Gasteiger partial charge in [-0.15, -0.1) is 0 Å². The maximum absolute atomic E-state index is 15.3. The summed E-state index contributed by atoms with van der Waals surface area (Å²) < 4.78 is 77.1. The summed E-state index contributed by atoms with van der Waals surface area (Å²) in [6.07, 6.45) is -6.26. The van der Waals surface area contributed by atoms with Crippen LogP contribution in [-0.2, 0) is 52.0 Å². The molecule has 5 aliphatic rings. The largest absolute Gasteiger partial charge is 0.342 e. The van der Waals surface area contributed by atoms with Crippen LogP contribution < -0.4 is 0 Å². The molecule has 6 aromatic carbocycles. The molecule has 324 valence electrons. The Bertz CT molecular complexity index is 2820. The lowest BCUT2D eigenvalue weighted by molar-refractivity contribution is -0.308. The van der Waals surface area contributed by atoms with Gasteiger partial charge in [0.25, 0.3) is 0 Å². The Hall–Kier alpha value is -6.00. The smallest absolute Gasteiger partial charge is 0.245 e. The minimum Gasteiger partial charge on any atom is -0.342 e. The summed E-state index contributed by atoms with van der Waals surface area (Å²) in [6, 6.07) is 44.1. The molecule has 3 fully saturated rings. The molecule has 3 saturated heterocycles. The van der Waals surface area contributed by atoms with E-state index in [4.69, 9.17) is 9.47 Å². The first-order valence-electron chi connectivity index (χ1n) is 21.3. The molecular weight excluding hydrogens is 849 g/mol. The zero-order valence-corrected chi connectivity index (χ0v) is 36.5. The van der Waals surface area contributed by atoms with Crippen LogP contribution in [0.5, 0.6) is 0 Å². The van der Waals surface area contributed by atoms with Crippen molar-refractivity contribution in [2.45, 2.75) is 85.6 Å². The van der Waals surface area contributed by atoms with Crippen LogP contribution in [-0.4, -0.2) is 71.6 Å². The van der Waals surface area contributed by atoms with Crippen molar-refractivity contribution < 1.29 is 35.9 Å². The summed E-state index contributed by atoms with van der Waals surface area (Å²) in [5.41, 5.74) is 5.61. The molecule has 2 unspecified atom stereocenters. The molecule has 0 aromatic heterocycles. The van der Waals surface area contributed by atoms with Crippen molar-refractivity contribution in [1.29, 1.82) is 0 Å². The van der Waals surface area contributed by atoms with E-state index in [0.29, 0.717) is 22.3 Å². The van der Waals surface area contributed by atoms with Crippen LogP contribution in [0, 0.1) is 13.8 Å². The lowest BCUT2D eigenvalue weighted by Crippen LogP contribution is -2.60. The van der Waals surface area contributed by atoms with Crippen molar-refractivity contribution in [1.82, 2.24) is 18.4 Å². The number of fused-ring (bicyclic) bond motifs is 12. The van der Waals surface area contributed by atoms with Crippen molar-refractivity contribution in [3.63, 3.8) is 0 Å². The van der Waals surface area contributed by atoms with E-state index in [1.807, 2.05) is 98.8 Å². The first-order valence-corrected chi connectivity index (χ1v) is 24.2. The highest BCUT2D eigenvalue weighted by Crippen LogP contribution is 2.58. The van der Waals surface area contributed by atoms with Crippen molar-refractivity contribution in [3.8, 4) is 0 Å². The lowest BCUT2D eigenvalue weighted by Gasteiger charge is -2.54. The average Bonchev–Trinajstić information content (AvgIpc) is 3.77. The van der Waals surface area contributed by atoms with E-state index in [2.05, 4.69) is 0 Å². The quantitative estimate of drug-likeness (QED) is 0.158. The zero-order valence-electron chi connectivity index (χ0n) is 34.9. The van der Waals surface area contributed by atoms with Crippen LogP contribution in [0.25, 0.3) is 0 Å². The highest BCUT2D eigenvalue weighted by Gasteiger charge is 2.65. The van der Waals surface area contributed by atoms with Gasteiger partial charge in [0.2, 0.25) is 31.9 Å². The first kappa shape index (κ1) is 40.8. The second-order valence-electron chi connectivity index (χ2n) is 17.1. The van der Waals surface area contributed by atoms with Crippen LogP contribution in [0.4, 0.5) is 0 Å². The van der Waals surface area contributed by atoms with Gasteiger partial charge in [-0.1, -0.05) is 145 Å². The standard InChI is InChI=1S/C50H44N4O8S2/c1-31-21-25-35(26-22-31)63(57,58)53-41(29-33-13-5-3-6-14-33)47(55)51-45(53)39-19-11-9-17-37(39)43-49(51)61-44-38-18-10-12-20-40(38)46-52(50(44)62-43)48(56)42(30-34-15-7-4-8-16-34)54(46)64(59,60)36-27-23-32(2)24-28-36/h3-28,41-46,49-50H,29-30H2,1-2H3/t41-,42-,43+,44+,45+,46+,49?,50?/m0/s1. The van der Waals surface area contributed by atoms with E-state index in [9.17, 15) is 0 Å². The number of hydrogen-bond acceptors (Lipinski definition) is 8. The Morgan fingerprint density at radius 1 is 0.438 bits per heavy atom. The summed E-state index contributed by atoms with van der Waals surface area (Å²) in [5, 5.41) is 0. The molecule has 11 rings (SSSR count). The van der Waals surface area contributed by atoms with Gasteiger partial charge in [0.05, 0.1) is 9.79 Å². The van der Waals surface area contributed by atoms with Gasteiger partial charge in [-0.25, -0.2) is 16.8 Å². The Kier molecular flexibility index (Phi) is 9.76. The predicted molar refractivity (Wildman–Crippen MR) is 236 cm³/mol. The molecule has 5 heterocycles. The SMILES string of the molecule is Cc1ccc(S(=O)(=O)N2[C@@H]3c4ccccc4[C@H]4OC5[C@H](OC4N3C(=O)[C@@H]2Cc2ccccc2)c2ccccc2[C@@H]2N5C(=O)[C@H](Cc3ccccc3)N2S(=O)(=O)c2ccc(C)cc2)cc1. The second-order valence-corrected chi connectivity index (χ2v) is 20.8. The average molecular weight is 893 g/mol. The number of nitrogens with zero attached hydrogens (tertiary/aromatic N) is 4. The molecule has 0 N–H and O–H groups in total. The van der Waals surface area contributed by atoms with Crippen LogP contribution in [0.15, 0.2) is 168 Å². The van der Waals surface area contributed by atoms with Crippen molar-refractivity contribution in [2.75, 3.05) is 0 Å². The minimum atomic E-state index is -4.32. The molecule has 14 heteroatoms. The number of carbonyl (C=O) groups excluding carboxylic acids is 2. The Labute approximate surface area is 372 Å². The molecule has 0 aliphatic carbocycles. The number of benzene rings is 6.